The third kappa shape index (κ3) is 3.30. The van der Waals surface area contributed by atoms with Gasteiger partial charge in [-0.2, -0.15) is 4.98 Å². The van der Waals surface area contributed by atoms with Crippen LogP contribution in [0.1, 0.15) is 19.3 Å². The molecule has 0 aliphatic heterocycles. The first-order chi connectivity index (χ1) is 12.5. The molecule has 0 radical (unpaired) electrons. The van der Waals surface area contributed by atoms with E-state index in [9.17, 15) is 5.11 Å². The summed E-state index contributed by atoms with van der Waals surface area (Å²) in [4.78, 5) is 13.4. The van der Waals surface area contributed by atoms with Crippen LogP contribution in [-0.2, 0) is 7.05 Å². The Kier molecular flexibility index (Phi) is 4.60. The van der Waals surface area contributed by atoms with Crippen LogP contribution in [0.2, 0.25) is 10.0 Å². The van der Waals surface area contributed by atoms with E-state index in [1.807, 2.05) is 11.6 Å². The summed E-state index contributed by atoms with van der Waals surface area (Å²) in [7, 11) is 1.86. The Balaban J connectivity index is 1.62. The monoisotopic (exact) mass is 392 g/mol. The number of nitrogens with one attached hydrogen (secondary N) is 2. The van der Waals surface area contributed by atoms with Crippen LogP contribution in [0.5, 0.6) is 0 Å². The van der Waals surface area contributed by atoms with Gasteiger partial charge in [-0.3, -0.25) is 4.57 Å². The molecule has 1 aliphatic carbocycles. The van der Waals surface area contributed by atoms with Gasteiger partial charge in [0.1, 0.15) is 5.52 Å². The number of aryl methyl sites for hydroxylation is 1. The molecule has 0 spiro atoms. The average molecular weight is 393 g/mol. The first-order valence-corrected chi connectivity index (χ1v) is 9.12. The van der Waals surface area contributed by atoms with Gasteiger partial charge in [-0.25, -0.2) is 9.97 Å². The van der Waals surface area contributed by atoms with Crippen molar-refractivity contribution in [3.63, 3.8) is 0 Å². The molecule has 2 heterocycles. The molecule has 1 fully saturated rings. The number of halogens is 2. The second kappa shape index (κ2) is 6.90. The van der Waals surface area contributed by atoms with Crippen molar-refractivity contribution in [3.05, 3.63) is 34.4 Å². The Morgan fingerprint density at radius 2 is 1.96 bits per heavy atom. The van der Waals surface area contributed by atoms with Crippen LogP contribution in [0.15, 0.2) is 24.4 Å². The van der Waals surface area contributed by atoms with Gasteiger partial charge in [-0.05, 0) is 31.4 Å². The molecule has 9 heteroatoms. The minimum atomic E-state index is -0.246. The maximum Gasteiger partial charge on any atom is 0.224 e. The number of benzene rings is 1. The van der Waals surface area contributed by atoms with Gasteiger partial charge in [0, 0.05) is 13.1 Å². The van der Waals surface area contributed by atoms with Crippen LogP contribution in [0.3, 0.4) is 0 Å². The Hall–Kier alpha value is -2.09. The summed E-state index contributed by atoms with van der Waals surface area (Å²) in [5.74, 6) is 1.10. The fraction of sp³-hybridized carbons (Fsp3) is 0.353. The lowest BCUT2D eigenvalue weighted by Gasteiger charge is -2.12. The maximum absolute atomic E-state index is 9.66. The van der Waals surface area contributed by atoms with E-state index in [4.69, 9.17) is 23.2 Å². The summed E-state index contributed by atoms with van der Waals surface area (Å²) in [6.07, 6.45) is 3.86. The topological polar surface area (TPSA) is 87.9 Å². The second-order valence-electron chi connectivity index (χ2n) is 6.43. The number of para-hydroxylation sites is 1. The molecule has 4 rings (SSSR count). The van der Waals surface area contributed by atoms with E-state index < -0.39 is 0 Å². The number of rotatable bonds is 4. The van der Waals surface area contributed by atoms with Gasteiger partial charge in [0.25, 0.3) is 0 Å². The number of hydrogen-bond acceptors (Lipinski definition) is 6. The van der Waals surface area contributed by atoms with Gasteiger partial charge in [-0.1, -0.05) is 29.3 Å². The highest BCUT2D eigenvalue weighted by atomic mass is 35.5. The highest BCUT2D eigenvalue weighted by molar-refractivity contribution is 6.39. The number of fused-ring (bicyclic) bond motifs is 1. The quantitative estimate of drug-likeness (QED) is 0.626. The molecule has 7 nitrogen and oxygen atoms in total. The van der Waals surface area contributed by atoms with E-state index in [0.717, 1.165) is 12.8 Å². The van der Waals surface area contributed by atoms with Crippen LogP contribution < -0.4 is 10.6 Å². The van der Waals surface area contributed by atoms with E-state index in [1.165, 1.54) is 0 Å². The molecule has 26 heavy (non-hydrogen) atoms. The molecule has 136 valence electrons. The molecule has 0 bridgehead atoms. The number of nitrogens with zero attached hydrogens (tertiary/aromatic N) is 4. The molecule has 2 atom stereocenters. The van der Waals surface area contributed by atoms with E-state index in [-0.39, 0.29) is 12.1 Å². The predicted octanol–water partition coefficient (Wildman–Crippen LogP) is 3.74. The zero-order valence-electron chi connectivity index (χ0n) is 14.1. The Morgan fingerprint density at radius 1 is 1.19 bits per heavy atom. The van der Waals surface area contributed by atoms with Crippen LogP contribution in [0.4, 0.5) is 17.6 Å². The molecule has 1 aliphatic rings. The smallest absolute Gasteiger partial charge is 0.224 e. The lowest BCUT2D eigenvalue weighted by atomic mass is 10.2. The fourth-order valence-corrected chi connectivity index (χ4v) is 3.66. The minimum Gasteiger partial charge on any atom is -0.393 e. The van der Waals surface area contributed by atoms with E-state index in [0.29, 0.717) is 45.2 Å². The van der Waals surface area contributed by atoms with Crippen LogP contribution in [-0.4, -0.2) is 36.8 Å². The van der Waals surface area contributed by atoms with Crippen molar-refractivity contribution in [2.75, 3.05) is 10.6 Å². The summed E-state index contributed by atoms with van der Waals surface area (Å²) >= 11 is 12.4. The number of aliphatic hydroxyl groups is 1. The summed E-state index contributed by atoms with van der Waals surface area (Å²) in [5, 5.41) is 17.1. The summed E-state index contributed by atoms with van der Waals surface area (Å²) in [6, 6.07) is 5.50. The van der Waals surface area contributed by atoms with Gasteiger partial charge in [0.05, 0.1) is 28.0 Å². The third-order valence-corrected chi connectivity index (χ3v) is 5.18. The first kappa shape index (κ1) is 17.3. The highest BCUT2D eigenvalue weighted by Gasteiger charge is 2.23. The predicted molar refractivity (Wildman–Crippen MR) is 103 cm³/mol. The SMILES string of the molecule is Cn1c(Nc2c(Cl)cccc2Cl)nc2cnc(N[C@H]3CC[C@H](O)C3)nc21. The summed E-state index contributed by atoms with van der Waals surface area (Å²) in [5.41, 5.74) is 1.95. The lowest BCUT2D eigenvalue weighted by molar-refractivity contribution is 0.182. The number of hydrogen-bond donors (Lipinski definition) is 3. The zero-order chi connectivity index (χ0) is 18.3. The molecule has 3 N–H and O–H groups in total. The van der Waals surface area contributed by atoms with E-state index >= 15 is 0 Å². The van der Waals surface area contributed by atoms with Crippen molar-refractivity contribution in [1.82, 2.24) is 19.5 Å². The van der Waals surface area contributed by atoms with Crippen molar-refractivity contribution < 1.29 is 5.11 Å². The maximum atomic E-state index is 9.66. The molecule has 1 saturated carbocycles. The molecular formula is C17H18Cl2N6O. The minimum absolute atomic E-state index is 0.190. The number of aromatic nitrogens is 4. The van der Waals surface area contributed by atoms with Crippen molar-refractivity contribution in [3.8, 4) is 0 Å². The fourth-order valence-electron chi connectivity index (χ4n) is 3.16. The van der Waals surface area contributed by atoms with Crippen molar-refractivity contribution >= 4 is 51.9 Å². The van der Waals surface area contributed by atoms with E-state index in [2.05, 4.69) is 25.6 Å². The highest BCUT2D eigenvalue weighted by Crippen LogP contribution is 2.33. The summed E-state index contributed by atoms with van der Waals surface area (Å²) in [6.45, 7) is 0. The van der Waals surface area contributed by atoms with Crippen molar-refractivity contribution in [2.24, 2.45) is 7.05 Å². The largest absolute Gasteiger partial charge is 0.393 e. The number of aliphatic hydroxyl groups excluding tert-OH is 1. The van der Waals surface area contributed by atoms with Crippen LogP contribution in [0.25, 0.3) is 11.2 Å². The number of imidazole rings is 1. The van der Waals surface area contributed by atoms with Crippen molar-refractivity contribution in [1.29, 1.82) is 0 Å². The number of anilines is 3. The van der Waals surface area contributed by atoms with Gasteiger partial charge in [0.15, 0.2) is 5.65 Å². The normalized spacial score (nSPS) is 19.8. The molecule has 0 amide bonds. The Morgan fingerprint density at radius 3 is 2.65 bits per heavy atom. The van der Waals surface area contributed by atoms with Crippen molar-refractivity contribution in [2.45, 2.75) is 31.4 Å². The van der Waals surface area contributed by atoms with Gasteiger partial charge in [0.2, 0.25) is 11.9 Å². The molecule has 0 unspecified atom stereocenters. The van der Waals surface area contributed by atoms with Gasteiger partial charge < -0.3 is 15.7 Å². The van der Waals surface area contributed by atoms with Crippen LogP contribution in [0, 0.1) is 0 Å². The van der Waals surface area contributed by atoms with Crippen LogP contribution >= 0.6 is 23.2 Å². The zero-order valence-corrected chi connectivity index (χ0v) is 15.6. The van der Waals surface area contributed by atoms with Gasteiger partial charge >= 0.3 is 0 Å². The van der Waals surface area contributed by atoms with Gasteiger partial charge in [-0.15, -0.1) is 0 Å². The molecular weight excluding hydrogens is 375 g/mol. The molecule has 1 aromatic carbocycles. The Labute approximate surface area is 160 Å². The van der Waals surface area contributed by atoms with E-state index in [1.54, 1.807) is 24.4 Å². The summed E-state index contributed by atoms with van der Waals surface area (Å²) < 4.78 is 1.82. The Bertz CT molecular complexity index is 940. The lowest BCUT2D eigenvalue weighted by Crippen LogP contribution is -2.18. The standard InChI is InChI=1S/C17H18Cl2N6O/c1-25-15-13(8-20-16(24-15)21-9-5-6-10(26)7-9)22-17(25)23-14-11(18)3-2-4-12(14)19/h2-4,8-10,26H,5-7H2,1H3,(H,22,23)(H,20,21,24)/t9-,10-/m0/s1. The second-order valence-corrected chi connectivity index (χ2v) is 7.24. The molecule has 0 saturated heterocycles. The third-order valence-electron chi connectivity index (χ3n) is 4.55. The first-order valence-electron chi connectivity index (χ1n) is 8.36. The molecule has 3 aromatic rings. The molecule has 2 aromatic heterocycles. The average Bonchev–Trinajstić information content (AvgIpc) is 3.15.